The molecular weight excluding hydrogens is 300 g/mol. The van der Waals surface area contributed by atoms with Crippen LogP contribution in [0.25, 0.3) is 22.6 Å². The quantitative estimate of drug-likeness (QED) is 0.726. The summed E-state index contributed by atoms with van der Waals surface area (Å²) >= 11 is 0. The molecule has 1 saturated heterocycles. The zero-order valence-corrected chi connectivity index (χ0v) is 13.7. The fraction of sp³-hybridized carbons (Fsp3) is 0.316. The maximum atomic E-state index is 5.88. The highest BCUT2D eigenvalue weighted by Crippen LogP contribution is 2.26. The molecule has 0 bridgehead atoms. The van der Waals surface area contributed by atoms with Gasteiger partial charge < -0.3 is 15.5 Å². The molecule has 0 aliphatic carbocycles. The highest BCUT2D eigenvalue weighted by atomic mass is 16.3. The molecule has 0 spiro atoms. The van der Waals surface area contributed by atoms with Crippen molar-refractivity contribution < 1.29 is 4.42 Å². The molecule has 5 nitrogen and oxygen atoms in total. The van der Waals surface area contributed by atoms with Crippen molar-refractivity contribution in [2.24, 2.45) is 0 Å². The summed E-state index contributed by atoms with van der Waals surface area (Å²) in [7, 11) is 0. The lowest BCUT2D eigenvalue weighted by atomic mass is 10.2. The van der Waals surface area contributed by atoms with Crippen LogP contribution in [0.3, 0.4) is 0 Å². The van der Waals surface area contributed by atoms with Gasteiger partial charge in [0, 0.05) is 30.9 Å². The third kappa shape index (κ3) is 3.27. The standard InChI is InChI=1S/C19H22N4O/c20-16-5-3-15(4-6-16)19-22-17-12-14(2-7-18(17)24-19)13-23-10-1-8-21-9-11-23/h2-7,12,21H,1,8-11,13,20H2. The van der Waals surface area contributed by atoms with Crippen LogP contribution in [0.5, 0.6) is 0 Å². The molecule has 1 aromatic heterocycles. The number of nitrogen functional groups attached to an aromatic ring is 1. The van der Waals surface area contributed by atoms with Crippen molar-refractivity contribution in [2.45, 2.75) is 13.0 Å². The number of nitrogens with two attached hydrogens (primary N) is 1. The van der Waals surface area contributed by atoms with E-state index in [1.165, 1.54) is 12.0 Å². The number of anilines is 1. The molecule has 2 heterocycles. The van der Waals surface area contributed by atoms with Crippen LogP contribution in [-0.2, 0) is 6.54 Å². The minimum absolute atomic E-state index is 0.640. The van der Waals surface area contributed by atoms with Gasteiger partial charge in [0.1, 0.15) is 5.52 Å². The van der Waals surface area contributed by atoms with E-state index in [2.05, 4.69) is 27.3 Å². The fourth-order valence-corrected chi connectivity index (χ4v) is 3.14. The Morgan fingerprint density at radius 3 is 2.83 bits per heavy atom. The number of nitrogens with zero attached hydrogens (tertiary/aromatic N) is 2. The largest absolute Gasteiger partial charge is 0.436 e. The highest BCUT2D eigenvalue weighted by Gasteiger charge is 2.12. The van der Waals surface area contributed by atoms with Gasteiger partial charge in [-0.05, 0) is 61.5 Å². The predicted molar refractivity (Wildman–Crippen MR) is 96.6 cm³/mol. The third-order valence-corrected chi connectivity index (χ3v) is 4.45. The Hall–Kier alpha value is -2.37. The number of nitrogens with one attached hydrogen (secondary N) is 1. The molecule has 0 saturated carbocycles. The predicted octanol–water partition coefficient (Wildman–Crippen LogP) is 2.87. The smallest absolute Gasteiger partial charge is 0.227 e. The van der Waals surface area contributed by atoms with Crippen molar-refractivity contribution in [3.05, 3.63) is 48.0 Å². The van der Waals surface area contributed by atoms with E-state index in [4.69, 9.17) is 10.2 Å². The van der Waals surface area contributed by atoms with Crippen LogP contribution < -0.4 is 11.1 Å². The lowest BCUT2D eigenvalue weighted by Crippen LogP contribution is -2.27. The van der Waals surface area contributed by atoms with Crippen molar-refractivity contribution in [1.29, 1.82) is 0 Å². The average molecular weight is 322 g/mol. The maximum absolute atomic E-state index is 5.88. The second-order valence-corrected chi connectivity index (χ2v) is 6.32. The van der Waals surface area contributed by atoms with E-state index in [0.29, 0.717) is 5.89 Å². The van der Waals surface area contributed by atoms with Crippen LogP contribution >= 0.6 is 0 Å². The Balaban J connectivity index is 1.57. The van der Waals surface area contributed by atoms with Crippen molar-refractivity contribution in [1.82, 2.24) is 15.2 Å². The molecule has 0 amide bonds. The first-order chi connectivity index (χ1) is 11.8. The van der Waals surface area contributed by atoms with Crippen LogP contribution in [0.2, 0.25) is 0 Å². The lowest BCUT2D eigenvalue weighted by molar-refractivity contribution is 0.284. The molecule has 24 heavy (non-hydrogen) atoms. The second kappa shape index (κ2) is 6.63. The second-order valence-electron chi connectivity index (χ2n) is 6.32. The van der Waals surface area contributed by atoms with Gasteiger partial charge in [0.15, 0.2) is 5.58 Å². The summed E-state index contributed by atoms with van der Waals surface area (Å²) in [6.07, 6.45) is 1.20. The first kappa shape index (κ1) is 15.2. The minimum Gasteiger partial charge on any atom is -0.436 e. The van der Waals surface area contributed by atoms with Gasteiger partial charge in [-0.3, -0.25) is 4.90 Å². The van der Waals surface area contributed by atoms with Gasteiger partial charge in [-0.2, -0.15) is 0 Å². The molecule has 2 aromatic carbocycles. The normalized spacial score (nSPS) is 16.3. The van der Waals surface area contributed by atoms with Crippen LogP contribution in [0, 0.1) is 0 Å². The fourth-order valence-electron chi connectivity index (χ4n) is 3.14. The molecule has 4 rings (SSSR count). The van der Waals surface area contributed by atoms with E-state index in [1.807, 2.05) is 30.3 Å². The first-order valence-corrected chi connectivity index (χ1v) is 8.46. The number of oxazole rings is 1. The number of rotatable bonds is 3. The molecule has 0 unspecified atom stereocenters. The van der Waals surface area contributed by atoms with E-state index in [0.717, 1.165) is 55.1 Å². The van der Waals surface area contributed by atoms with E-state index in [-0.39, 0.29) is 0 Å². The van der Waals surface area contributed by atoms with E-state index in [1.54, 1.807) is 0 Å². The summed E-state index contributed by atoms with van der Waals surface area (Å²) in [6.45, 7) is 5.37. The summed E-state index contributed by atoms with van der Waals surface area (Å²) in [4.78, 5) is 7.13. The van der Waals surface area contributed by atoms with E-state index in [9.17, 15) is 0 Å². The number of aromatic nitrogens is 1. The van der Waals surface area contributed by atoms with Crippen LogP contribution in [0.15, 0.2) is 46.9 Å². The van der Waals surface area contributed by atoms with Gasteiger partial charge in [0.05, 0.1) is 0 Å². The Labute approximate surface area is 141 Å². The SMILES string of the molecule is Nc1ccc(-c2nc3cc(CN4CCCNCC4)ccc3o2)cc1. The third-order valence-electron chi connectivity index (χ3n) is 4.45. The van der Waals surface area contributed by atoms with Gasteiger partial charge in [-0.15, -0.1) is 0 Å². The molecule has 5 heteroatoms. The summed E-state index contributed by atoms with van der Waals surface area (Å²) in [5.74, 6) is 0.640. The minimum atomic E-state index is 0.640. The van der Waals surface area contributed by atoms with Crippen LogP contribution in [-0.4, -0.2) is 36.1 Å². The van der Waals surface area contributed by atoms with Gasteiger partial charge in [0.2, 0.25) is 5.89 Å². The van der Waals surface area contributed by atoms with E-state index >= 15 is 0 Å². The Kier molecular flexibility index (Phi) is 4.19. The van der Waals surface area contributed by atoms with Gasteiger partial charge in [-0.25, -0.2) is 4.98 Å². The lowest BCUT2D eigenvalue weighted by Gasteiger charge is -2.19. The number of hydrogen-bond donors (Lipinski definition) is 2. The molecule has 0 atom stereocenters. The Bertz CT molecular complexity index is 817. The highest BCUT2D eigenvalue weighted by molar-refractivity contribution is 5.77. The number of benzene rings is 2. The van der Waals surface area contributed by atoms with Crippen LogP contribution in [0.1, 0.15) is 12.0 Å². The zero-order chi connectivity index (χ0) is 16.4. The number of hydrogen-bond acceptors (Lipinski definition) is 5. The van der Waals surface area contributed by atoms with Crippen LogP contribution in [0.4, 0.5) is 5.69 Å². The van der Waals surface area contributed by atoms with Gasteiger partial charge in [-0.1, -0.05) is 6.07 Å². The monoisotopic (exact) mass is 322 g/mol. The molecule has 1 aliphatic heterocycles. The van der Waals surface area contributed by atoms with Gasteiger partial charge in [0.25, 0.3) is 0 Å². The van der Waals surface area contributed by atoms with Gasteiger partial charge >= 0.3 is 0 Å². The summed E-state index contributed by atoms with van der Waals surface area (Å²) in [5, 5.41) is 3.44. The Morgan fingerprint density at radius 2 is 1.96 bits per heavy atom. The maximum Gasteiger partial charge on any atom is 0.227 e. The number of fused-ring (bicyclic) bond motifs is 1. The molecule has 3 aromatic rings. The average Bonchev–Trinajstić information content (AvgIpc) is 2.84. The summed E-state index contributed by atoms with van der Waals surface area (Å²) in [5.41, 5.74) is 10.4. The van der Waals surface area contributed by atoms with Crippen molar-refractivity contribution in [3.8, 4) is 11.5 Å². The topological polar surface area (TPSA) is 67.3 Å². The summed E-state index contributed by atoms with van der Waals surface area (Å²) in [6, 6.07) is 13.9. The summed E-state index contributed by atoms with van der Waals surface area (Å²) < 4.78 is 5.88. The van der Waals surface area contributed by atoms with Crippen molar-refractivity contribution in [2.75, 3.05) is 31.9 Å². The molecular formula is C19H22N4O. The molecule has 1 fully saturated rings. The molecule has 1 aliphatic rings. The zero-order valence-electron chi connectivity index (χ0n) is 13.7. The first-order valence-electron chi connectivity index (χ1n) is 8.46. The molecule has 0 radical (unpaired) electrons. The molecule has 3 N–H and O–H groups in total. The van der Waals surface area contributed by atoms with Crippen molar-refractivity contribution >= 4 is 16.8 Å². The van der Waals surface area contributed by atoms with E-state index < -0.39 is 0 Å². The Morgan fingerprint density at radius 1 is 1.08 bits per heavy atom. The van der Waals surface area contributed by atoms with Crippen molar-refractivity contribution in [3.63, 3.8) is 0 Å². The molecule has 124 valence electrons.